The summed E-state index contributed by atoms with van der Waals surface area (Å²) in [5.74, 6) is 0. The molecule has 0 fully saturated rings. The average molecular weight is 182 g/mol. The molecule has 0 aliphatic heterocycles. The Morgan fingerprint density at radius 2 is 2.31 bits per heavy atom. The van der Waals surface area contributed by atoms with E-state index in [0.29, 0.717) is 13.0 Å². The minimum Gasteiger partial charge on any atom is -0.391 e. The van der Waals surface area contributed by atoms with Crippen LogP contribution in [0.3, 0.4) is 0 Å². The number of azide groups is 1. The Labute approximate surface area is 77.6 Å². The van der Waals surface area contributed by atoms with Crippen LogP contribution in [0.5, 0.6) is 0 Å². The first kappa shape index (κ1) is 11.8. The van der Waals surface area contributed by atoms with Crippen LogP contribution in [0.2, 0.25) is 0 Å². The van der Waals surface area contributed by atoms with Gasteiger partial charge in [-0.1, -0.05) is 19.0 Å². The third-order valence-corrected chi connectivity index (χ3v) is 2.11. The van der Waals surface area contributed by atoms with Crippen molar-refractivity contribution in [2.24, 2.45) is 10.5 Å². The van der Waals surface area contributed by atoms with Gasteiger partial charge in [-0.15, -0.1) is 0 Å². The minimum absolute atomic E-state index is 0.114. The fourth-order valence-electron chi connectivity index (χ4n) is 0.912. The number of aliphatic hydroxyl groups is 1. The van der Waals surface area contributed by atoms with Crippen molar-refractivity contribution >= 4 is 0 Å². The maximum atomic E-state index is 9.52. The van der Waals surface area contributed by atoms with Crippen LogP contribution in [0.1, 0.15) is 26.7 Å². The molecule has 0 rings (SSSR count). The maximum absolute atomic E-state index is 9.52. The summed E-state index contributed by atoms with van der Waals surface area (Å²) in [5, 5.41) is 21.3. The van der Waals surface area contributed by atoms with Crippen molar-refractivity contribution in [2.75, 3.05) is 6.54 Å². The van der Waals surface area contributed by atoms with Crippen molar-refractivity contribution in [1.82, 2.24) is 0 Å². The normalized spacial score (nSPS) is 12.8. The summed E-state index contributed by atoms with van der Waals surface area (Å²) < 4.78 is 0. The highest BCUT2D eigenvalue weighted by atomic mass is 16.3. The fourth-order valence-corrected chi connectivity index (χ4v) is 0.912. The molecule has 0 amide bonds. The molecule has 0 saturated heterocycles. The molecular weight excluding hydrogens is 168 g/mol. The molecule has 5 nitrogen and oxygen atoms in total. The number of hydrogen-bond donors (Lipinski definition) is 1. The summed E-state index contributed by atoms with van der Waals surface area (Å²) >= 11 is 0. The van der Waals surface area contributed by atoms with E-state index in [9.17, 15) is 5.11 Å². The molecule has 5 heteroatoms. The zero-order valence-electron chi connectivity index (χ0n) is 7.93. The second-order valence-corrected chi connectivity index (χ2v) is 3.57. The zero-order valence-corrected chi connectivity index (χ0v) is 7.93. The van der Waals surface area contributed by atoms with Crippen molar-refractivity contribution in [2.45, 2.75) is 32.8 Å². The van der Waals surface area contributed by atoms with E-state index in [2.05, 4.69) is 10.0 Å². The molecular formula is C8H14N4O. The maximum Gasteiger partial charge on any atom is 0.0720 e. The van der Waals surface area contributed by atoms with E-state index < -0.39 is 6.10 Å². The summed E-state index contributed by atoms with van der Waals surface area (Å²) in [7, 11) is 0. The van der Waals surface area contributed by atoms with Crippen molar-refractivity contribution in [1.29, 1.82) is 5.26 Å². The SMILES string of the molecule is CC(C)(CCN=[N+]=[N-])C(O)CC#N. The standard InChI is InChI=1S/C8H14N4O/c1-8(2,4-6-11-12-10)7(13)3-5-9/h7,13H,3-4,6H2,1-2H3. The second kappa shape index (κ2) is 5.41. The lowest BCUT2D eigenvalue weighted by atomic mass is 9.82. The Bertz CT molecular complexity index is 237. The molecule has 0 spiro atoms. The van der Waals surface area contributed by atoms with E-state index in [4.69, 9.17) is 10.8 Å². The molecule has 1 unspecified atom stereocenters. The molecule has 0 aromatic carbocycles. The molecule has 0 bridgehead atoms. The third-order valence-electron chi connectivity index (χ3n) is 2.11. The predicted octanol–water partition coefficient (Wildman–Crippen LogP) is 1.99. The molecule has 0 aromatic rings. The van der Waals surface area contributed by atoms with Gasteiger partial charge in [0.1, 0.15) is 0 Å². The second-order valence-electron chi connectivity index (χ2n) is 3.57. The largest absolute Gasteiger partial charge is 0.391 e. The average Bonchev–Trinajstić information content (AvgIpc) is 2.05. The highest BCUT2D eigenvalue weighted by Crippen LogP contribution is 2.26. The van der Waals surface area contributed by atoms with Crippen LogP contribution in [0.25, 0.3) is 10.4 Å². The van der Waals surface area contributed by atoms with Crippen LogP contribution < -0.4 is 0 Å². The van der Waals surface area contributed by atoms with Crippen LogP contribution in [-0.4, -0.2) is 17.8 Å². The minimum atomic E-state index is -0.661. The fraction of sp³-hybridized carbons (Fsp3) is 0.875. The Morgan fingerprint density at radius 1 is 1.69 bits per heavy atom. The molecule has 0 heterocycles. The van der Waals surface area contributed by atoms with Gasteiger partial charge < -0.3 is 5.11 Å². The Hall–Kier alpha value is -1.24. The molecule has 1 N–H and O–H groups in total. The van der Waals surface area contributed by atoms with Gasteiger partial charge in [-0.2, -0.15) is 5.26 Å². The topological polar surface area (TPSA) is 92.8 Å². The first-order valence-corrected chi connectivity index (χ1v) is 4.10. The van der Waals surface area contributed by atoms with Gasteiger partial charge in [-0.05, 0) is 17.4 Å². The van der Waals surface area contributed by atoms with Gasteiger partial charge in [0.25, 0.3) is 0 Å². The van der Waals surface area contributed by atoms with Gasteiger partial charge in [0.15, 0.2) is 0 Å². The van der Waals surface area contributed by atoms with Gasteiger partial charge in [0.05, 0.1) is 18.6 Å². The van der Waals surface area contributed by atoms with Crippen molar-refractivity contribution < 1.29 is 5.11 Å². The molecule has 13 heavy (non-hydrogen) atoms. The van der Waals surface area contributed by atoms with Crippen LogP contribution in [0, 0.1) is 16.7 Å². The zero-order chi connectivity index (χ0) is 10.3. The highest BCUT2D eigenvalue weighted by Gasteiger charge is 2.26. The monoisotopic (exact) mass is 182 g/mol. The number of nitrogens with zero attached hydrogens (tertiary/aromatic N) is 4. The van der Waals surface area contributed by atoms with Crippen LogP contribution in [0.4, 0.5) is 0 Å². The first-order chi connectivity index (χ1) is 6.04. The lowest BCUT2D eigenvalue weighted by molar-refractivity contribution is 0.0497. The molecule has 0 aliphatic rings. The molecule has 72 valence electrons. The summed E-state index contributed by atoms with van der Waals surface area (Å²) in [6, 6.07) is 1.91. The summed E-state index contributed by atoms with van der Waals surface area (Å²) in [6.07, 6.45) is 0.0368. The van der Waals surface area contributed by atoms with Gasteiger partial charge in [0.2, 0.25) is 0 Å². The number of rotatable bonds is 5. The van der Waals surface area contributed by atoms with Crippen molar-refractivity contribution in [3.05, 3.63) is 10.4 Å². The first-order valence-electron chi connectivity index (χ1n) is 4.10. The van der Waals surface area contributed by atoms with E-state index in [1.165, 1.54) is 0 Å². The smallest absolute Gasteiger partial charge is 0.0720 e. The quantitative estimate of drug-likeness (QED) is 0.400. The van der Waals surface area contributed by atoms with E-state index >= 15 is 0 Å². The molecule has 0 saturated carbocycles. The highest BCUT2D eigenvalue weighted by molar-refractivity contribution is 4.85. The van der Waals surface area contributed by atoms with Crippen LogP contribution >= 0.6 is 0 Å². The Kier molecular flexibility index (Phi) is 4.90. The van der Waals surface area contributed by atoms with Gasteiger partial charge in [0, 0.05) is 11.5 Å². The summed E-state index contributed by atoms with van der Waals surface area (Å²) in [6.45, 7) is 4.05. The Balaban J connectivity index is 4.06. The van der Waals surface area contributed by atoms with Crippen LogP contribution in [-0.2, 0) is 0 Å². The van der Waals surface area contributed by atoms with Gasteiger partial charge >= 0.3 is 0 Å². The molecule has 1 atom stereocenters. The molecule has 0 radical (unpaired) electrons. The lowest BCUT2D eigenvalue weighted by Crippen LogP contribution is -2.29. The number of aliphatic hydroxyl groups excluding tert-OH is 1. The third kappa shape index (κ3) is 4.36. The van der Waals surface area contributed by atoms with Crippen molar-refractivity contribution in [3.8, 4) is 6.07 Å². The molecule has 0 aliphatic carbocycles. The van der Waals surface area contributed by atoms with Crippen LogP contribution in [0.15, 0.2) is 5.11 Å². The van der Waals surface area contributed by atoms with Crippen molar-refractivity contribution in [3.63, 3.8) is 0 Å². The number of hydrogen-bond acceptors (Lipinski definition) is 3. The Morgan fingerprint density at radius 3 is 2.77 bits per heavy atom. The number of nitriles is 1. The lowest BCUT2D eigenvalue weighted by Gasteiger charge is -2.28. The van der Waals surface area contributed by atoms with E-state index in [0.717, 1.165) is 0 Å². The summed E-state index contributed by atoms with van der Waals surface area (Å²) in [5.41, 5.74) is 7.68. The van der Waals surface area contributed by atoms with Gasteiger partial charge in [-0.3, -0.25) is 0 Å². The molecule has 0 aromatic heterocycles. The van der Waals surface area contributed by atoms with E-state index in [-0.39, 0.29) is 11.8 Å². The summed E-state index contributed by atoms with van der Waals surface area (Å²) in [4.78, 5) is 2.62. The van der Waals surface area contributed by atoms with Gasteiger partial charge in [-0.25, -0.2) is 0 Å². The van der Waals surface area contributed by atoms with E-state index in [1.807, 2.05) is 19.9 Å². The predicted molar refractivity (Wildman–Crippen MR) is 48.6 cm³/mol. The van der Waals surface area contributed by atoms with E-state index in [1.54, 1.807) is 0 Å².